The maximum absolute atomic E-state index is 12.4. The molecule has 1 N–H and O–H groups in total. The minimum absolute atomic E-state index is 0.0341. The molecule has 1 amide bonds. The van der Waals surface area contributed by atoms with Gasteiger partial charge in [-0.25, -0.2) is 0 Å². The molecule has 0 fully saturated rings. The second kappa shape index (κ2) is 4.33. The number of aromatic amines is 1. The third kappa shape index (κ3) is 1.63. The number of aromatic nitrogens is 3. The molecule has 94 valence electrons. The molecule has 0 aromatic carbocycles. The third-order valence-electron chi connectivity index (χ3n) is 3.54. The van der Waals surface area contributed by atoms with Crippen LogP contribution in [0.3, 0.4) is 0 Å². The number of carbonyl (C=O) groups excluding carboxylic acids is 1. The summed E-state index contributed by atoms with van der Waals surface area (Å²) < 4.78 is 2.23. The molecular formula is C13H16N4O. The second-order valence-corrected chi connectivity index (χ2v) is 4.52. The fourth-order valence-electron chi connectivity index (χ4n) is 2.67. The number of amides is 1. The summed E-state index contributed by atoms with van der Waals surface area (Å²) in [5, 5.41) is 6.59. The van der Waals surface area contributed by atoms with Crippen LogP contribution in [0.1, 0.15) is 35.6 Å². The fraction of sp³-hybridized carbons (Fsp3) is 0.385. The molecule has 0 bridgehead atoms. The van der Waals surface area contributed by atoms with E-state index < -0.39 is 0 Å². The van der Waals surface area contributed by atoms with Gasteiger partial charge in [-0.2, -0.15) is 5.10 Å². The number of carbonyl (C=O) groups is 1. The largest absolute Gasteiger partial charge is 0.348 e. The number of H-pyrrole nitrogens is 1. The van der Waals surface area contributed by atoms with Crippen LogP contribution in [0.4, 0.5) is 0 Å². The van der Waals surface area contributed by atoms with E-state index in [4.69, 9.17) is 0 Å². The number of hydrogen-bond donors (Lipinski definition) is 1. The molecule has 3 rings (SSSR count). The van der Waals surface area contributed by atoms with Crippen molar-refractivity contribution in [2.45, 2.75) is 25.9 Å². The molecular weight excluding hydrogens is 228 g/mol. The highest BCUT2D eigenvalue weighted by atomic mass is 16.2. The van der Waals surface area contributed by atoms with Crippen molar-refractivity contribution in [3.05, 3.63) is 42.0 Å². The van der Waals surface area contributed by atoms with E-state index in [-0.39, 0.29) is 11.9 Å². The van der Waals surface area contributed by atoms with E-state index in [1.54, 1.807) is 12.3 Å². The van der Waals surface area contributed by atoms with E-state index >= 15 is 0 Å². The van der Waals surface area contributed by atoms with Crippen molar-refractivity contribution in [1.29, 1.82) is 0 Å². The lowest BCUT2D eigenvalue weighted by atomic mass is 10.1. The molecule has 18 heavy (non-hydrogen) atoms. The first-order chi connectivity index (χ1) is 8.81. The lowest BCUT2D eigenvalue weighted by molar-refractivity contribution is 0.0611. The Bertz CT molecular complexity index is 543. The smallest absolute Gasteiger partial charge is 0.272 e. The molecule has 5 nitrogen and oxygen atoms in total. The molecule has 0 aliphatic carbocycles. The van der Waals surface area contributed by atoms with Crippen LogP contribution in [-0.4, -0.2) is 32.1 Å². The standard InChI is InChI=1S/C13H16N4O/c1-2-11-12-4-3-7-16(12)8-9-17(11)13(18)10-5-6-14-15-10/h3-7,11H,2,8-9H2,1H3,(H,14,15). The Morgan fingerprint density at radius 1 is 1.50 bits per heavy atom. The van der Waals surface area contributed by atoms with Gasteiger partial charge >= 0.3 is 0 Å². The molecule has 0 spiro atoms. The van der Waals surface area contributed by atoms with Gasteiger partial charge in [0, 0.05) is 31.2 Å². The highest BCUT2D eigenvalue weighted by Gasteiger charge is 2.30. The number of nitrogens with zero attached hydrogens (tertiary/aromatic N) is 3. The van der Waals surface area contributed by atoms with Crippen LogP contribution in [-0.2, 0) is 6.54 Å². The lowest BCUT2D eigenvalue weighted by Gasteiger charge is -2.36. The predicted octanol–water partition coefficient (Wildman–Crippen LogP) is 1.82. The van der Waals surface area contributed by atoms with Crippen LogP contribution in [0.2, 0.25) is 0 Å². The Kier molecular flexibility index (Phi) is 2.66. The average molecular weight is 244 g/mol. The Balaban J connectivity index is 1.92. The van der Waals surface area contributed by atoms with Crippen LogP contribution in [0.25, 0.3) is 0 Å². The van der Waals surface area contributed by atoms with Crippen LogP contribution in [0, 0.1) is 0 Å². The summed E-state index contributed by atoms with van der Waals surface area (Å²) in [6.07, 6.45) is 4.61. The van der Waals surface area contributed by atoms with Gasteiger partial charge in [-0.05, 0) is 24.6 Å². The minimum Gasteiger partial charge on any atom is -0.348 e. The van der Waals surface area contributed by atoms with Gasteiger partial charge in [-0.1, -0.05) is 6.92 Å². The molecule has 5 heteroatoms. The van der Waals surface area contributed by atoms with Gasteiger partial charge in [0.05, 0.1) is 6.04 Å². The number of rotatable bonds is 2. The zero-order valence-corrected chi connectivity index (χ0v) is 10.3. The summed E-state index contributed by atoms with van der Waals surface area (Å²) in [6.45, 7) is 3.72. The van der Waals surface area contributed by atoms with Gasteiger partial charge < -0.3 is 9.47 Å². The van der Waals surface area contributed by atoms with E-state index in [2.05, 4.69) is 34.0 Å². The summed E-state index contributed by atoms with van der Waals surface area (Å²) in [5.74, 6) is 0.0341. The van der Waals surface area contributed by atoms with Crippen molar-refractivity contribution in [3.63, 3.8) is 0 Å². The van der Waals surface area contributed by atoms with E-state index in [9.17, 15) is 4.79 Å². The van der Waals surface area contributed by atoms with E-state index in [0.717, 1.165) is 19.5 Å². The zero-order chi connectivity index (χ0) is 12.5. The highest BCUT2D eigenvalue weighted by molar-refractivity contribution is 5.92. The number of hydrogen-bond acceptors (Lipinski definition) is 2. The first-order valence-corrected chi connectivity index (χ1v) is 6.26. The van der Waals surface area contributed by atoms with Crippen LogP contribution in [0.5, 0.6) is 0 Å². The molecule has 1 aliphatic rings. The minimum atomic E-state index is 0.0341. The van der Waals surface area contributed by atoms with Crippen molar-refractivity contribution in [3.8, 4) is 0 Å². The van der Waals surface area contributed by atoms with Gasteiger partial charge in [-0.3, -0.25) is 9.89 Å². The number of nitrogens with one attached hydrogen (secondary N) is 1. The van der Waals surface area contributed by atoms with E-state index in [0.29, 0.717) is 5.69 Å². The molecule has 0 saturated carbocycles. The summed E-state index contributed by atoms with van der Waals surface area (Å²) >= 11 is 0. The monoisotopic (exact) mass is 244 g/mol. The molecule has 0 saturated heterocycles. The highest BCUT2D eigenvalue weighted by Crippen LogP contribution is 2.29. The summed E-state index contributed by atoms with van der Waals surface area (Å²) in [7, 11) is 0. The van der Waals surface area contributed by atoms with Crippen LogP contribution >= 0.6 is 0 Å². The van der Waals surface area contributed by atoms with Crippen molar-refractivity contribution >= 4 is 5.91 Å². The molecule has 1 unspecified atom stereocenters. The molecule has 2 aromatic rings. The average Bonchev–Trinajstić information content (AvgIpc) is 3.06. The van der Waals surface area contributed by atoms with Gasteiger partial charge in [0.2, 0.25) is 0 Å². The topological polar surface area (TPSA) is 53.9 Å². The first-order valence-electron chi connectivity index (χ1n) is 6.26. The molecule has 0 radical (unpaired) electrons. The Hall–Kier alpha value is -2.04. The fourth-order valence-corrected chi connectivity index (χ4v) is 2.67. The molecule has 1 aliphatic heterocycles. The number of fused-ring (bicyclic) bond motifs is 1. The summed E-state index contributed by atoms with van der Waals surface area (Å²) in [6, 6.07) is 6.02. The van der Waals surface area contributed by atoms with Gasteiger partial charge in [-0.15, -0.1) is 0 Å². The maximum atomic E-state index is 12.4. The summed E-state index contributed by atoms with van der Waals surface area (Å²) in [4.78, 5) is 14.3. The maximum Gasteiger partial charge on any atom is 0.272 e. The van der Waals surface area contributed by atoms with Gasteiger partial charge in [0.25, 0.3) is 5.91 Å². The second-order valence-electron chi connectivity index (χ2n) is 4.52. The predicted molar refractivity (Wildman–Crippen MR) is 67.1 cm³/mol. The molecule has 1 atom stereocenters. The van der Waals surface area contributed by atoms with Crippen LogP contribution in [0.15, 0.2) is 30.6 Å². The molecule has 3 heterocycles. The SMILES string of the molecule is CCC1c2cccn2CCN1C(=O)c1ccn[nH]1. The molecule has 2 aromatic heterocycles. The van der Waals surface area contributed by atoms with Crippen molar-refractivity contribution in [1.82, 2.24) is 19.7 Å². The third-order valence-corrected chi connectivity index (χ3v) is 3.54. The van der Waals surface area contributed by atoms with Crippen molar-refractivity contribution < 1.29 is 4.79 Å². The van der Waals surface area contributed by atoms with Crippen molar-refractivity contribution in [2.24, 2.45) is 0 Å². The van der Waals surface area contributed by atoms with E-state index in [1.807, 2.05) is 11.0 Å². The van der Waals surface area contributed by atoms with Gasteiger partial charge in [0.1, 0.15) is 5.69 Å². The Labute approximate surface area is 105 Å². The summed E-state index contributed by atoms with van der Waals surface area (Å²) in [5.41, 5.74) is 1.78. The first kappa shape index (κ1) is 11.1. The quantitative estimate of drug-likeness (QED) is 0.876. The van der Waals surface area contributed by atoms with Gasteiger partial charge in [0.15, 0.2) is 0 Å². The zero-order valence-electron chi connectivity index (χ0n) is 10.3. The normalized spacial score (nSPS) is 18.7. The van der Waals surface area contributed by atoms with Crippen molar-refractivity contribution in [2.75, 3.05) is 6.54 Å². The van der Waals surface area contributed by atoms with E-state index in [1.165, 1.54) is 5.69 Å². The Morgan fingerprint density at radius 3 is 3.11 bits per heavy atom. The van der Waals surface area contributed by atoms with Crippen LogP contribution < -0.4 is 0 Å². The lowest BCUT2D eigenvalue weighted by Crippen LogP contribution is -2.41. The Morgan fingerprint density at radius 2 is 2.39 bits per heavy atom.